The molecule has 1 fully saturated rings. The highest BCUT2D eigenvalue weighted by molar-refractivity contribution is 5.95. The first-order chi connectivity index (χ1) is 14.0. The Hall–Kier alpha value is -2.71. The lowest BCUT2D eigenvalue weighted by atomic mass is 10.2. The molecule has 0 saturated carbocycles. The molecule has 3 N–H and O–H groups in total. The molecule has 29 heavy (non-hydrogen) atoms. The molecule has 3 rings (SSSR count). The van der Waals surface area contributed by atoms with Crippen LogP contribution in [-0.2, 0) is 4.79 Å². The molecule has 1 aliphatic rings. The van der Waals surface area contributed by atoms with E-state index in [0.717, 1.165) is 37.3 Å². The molecule has 156 valence electrons. The van der Waals surface area contributed by atoms with Gasteiger partial charge in [0.05, 0.1) is 36.4 Å². The van der Waals surface area contributed by atoms with Gasteiger partial charge in [-0.2, -0.15) is 0 Å². The van der Waals surface area contributed by atoms with E-state index in [-0.39, 0.29) is 12.5 Å². The Labute approximate surface area is 172 Å². The summed E-state index contributed by atoms with van der Waals surface area (Å²) in [7, 11) is 2.12. The van der Waals surface area contributed by atoms with Crippen LogP contribution >= 0.6 is 0 Å². The number of rotatable bonds is 7. The van der Waals surface area contributed by atoms with Crippen molar-refractivity contribution in [3.8, 4) is 5.75 Å². The van der Waals surface area contributed by atoms with Crippen LogP contribution in [0.2, 0.25) is 0 Å². The lowest BCUT2D eigenvalue weighted by Crippen LogP contribution is -2.41. The average Bonchev–Trinajstić information content (AvgIpc) is 2.91. The Morgan fingerprint density at radius 1 is 1.31 bits per heavy atom. The molecule has 2 aromatic rings. The number of hydrogen-bond donors (Lipinski definition) is 3. The SMILES string of the molecule is Cc1ccc(OC[C@@H]2CNCCCN2C)c(NC(=O)CNc2cnc(C)cn2)c1. The second-order valence-electron chi connectivity index (χ2n) is 7.45. The molecular formula is C21H30N6O2. The quantitative estimate of drug-likeness (QED) is 0.655. The van der Waals surface area contributed by atoms with Crippen molar-refractivity contribution in [2.24, 2.45) is 0 Å². The normalized spacial score (nSPS) is 17.4. The lowest BCUT2D eigenvalue weighted by molar-refractivity contribution is -0.114. The maximum Gasteiger partial charge on any atom is 0.243 e. The number of nitrogens with one attached hydrogen (secondary N) is 3. The van der Waals surface area contributed by atoms with Crippen molar-refractivity contribution in [3.63, 3.8) is 0 Å². The highest BCUT2D eigenvalue weighted by atomic mass is 16.5. The topological polar surface area (TPSA) is 91.4 Å². The molecule has 0 unspecified atom stereocenters. The van der Waals surface area contributed by atoms with Crippen LogP contribution in [0.3, 0.4) is 0 Å². The first-order valence-corrected chi connectivity index (χ1v) is 9.98. The number of benzene rings is 1. The number of aromatic nitrogens is 2. The Balaban J connectivity index is 1.58. The van der Waals surface area contributed by atoms with Gasteiger partial charge in [-0.25, -0.2) is 4.98 Å². The van der Waals surface area contributed by atoms with Crippen molar-refractivity contribution in [1.29, 1.82) is 0 Å². The van der Waals surface area contributed by atoms with Crippen molar-refractivity contribution in [3.05, 3.63) is 41.9 Å². The third-order valence-electron chi connectivity index (χ3n) is 4.92. The van der Waals surface area contributed by atoms with Crippen molar-refractivity contribution in [2.75, 3.05) is 50.5 Å². The van der Waals surface area contributed by atoms with Gasteiger partial charge >= 0.3 is 0 Å². The molecule has 1 amide bonds. The van der Waals surface area contributed by atoms with Gasteiger partial charge in [0.15, 0.2) is 0 Å². The highest BCUT2D eigenvalue weighted by Gasteiger charge is 2.19. The molecule has 8 nitrogen and oxygen atoms in total. The predicted octanol–water partition coefficient (Wildman–Crippen LogP) is 1.82. The van der Waals surface area contributed by atoms with Crippen LogP contribution in [0, 0.1) is 13.8 Å². The van der Waals surface area contributed by atoms with Gasteiger partial charge in [-0.05, 0) is 58.1 Å². The Bertz CT molecular complexity index is 811. The number of amides is 1. The molecule has 0 aliphatic carbocycles. The summed E-state index contributed by atoms with van der Waals surface area (Å²) in [6.45, 7) is 7.49. The zero-order valence-electron chi connectivity index (χ0n) is 17.4. The van der Waals surface area contributed by atoms with E-state index < -0.39 is 0 Å². The van der Waals surface area contributed by atoms with E-state index in [9.17, 15) is 4.79 Å². The number of carbonyl (C=O) groups is 1. The molecule has 1 aromatic carbocycles. The number of aryl methyl sites for hydroxylation is 2. The van der Waals surface area contributed by atoms with Crippen molar-refractivity contribution in [1.82, 2.24) is 20.2 Å². The van der Waals surface area contributed by atoms with Gasteiger partial charge in [0, 0.05) is 6.54 Å². The van der Waals surface area contributed by atoms with E-state index >= 15 is 0 Å². The standard InChI is InChI=1S/C21H30N6O2/c1-15-5-6-19(29-14-17-11-22-7-4-8-27(17)3)18(9-15)26-21(28)13-25-20-12-23-16(2)10-24-20/h5-6,9-10,12,17,22H,4,7-8,11,13-14H2,1-3H3,(H,24,25)(H,26,28)/t17-/m0/s1. The Kier molecular flexibility index (Phi) is 7.37. The number of hydrogen-bond acceptors (Lipinski definition) is 7. The number of ether oxygens (including phenoxy) is 1. The minimum atomic E-state index is -0.170. The Morgan fingerprint density at radius 2 is 2.17 bits per heavy atom. The third-order valence-corrected chi connectivity index (χ3v) is 4.92. The predicted molar refractivity (Wildman–Crippen MR) is 114 cm³/mol. The van der Waals surface area contributed by atoms with Crippen LogP contribution in [0.4, 0.5) is 11.5 Å². The fraction of sp³-hybridized carbons (Fsp3) is 0.476. The average molecular weight is 399 g/mol. The number of carbonyl (C=O) groups excluding carboxylic acids is 1. The van der Waals surface area contributed by atoms with Gasteiger partial charge in [-0.15, -0.1) is 0 Å². The Morgan fingerprint density at radius 3 is 2.97 bits per heavy atom. The van der Waals surface area contributed by atoms with Gasteiger partial charge in [0.1, 0.15) is 18.2 Å². The number of anilines is 2. The van der Waals surface area contributed by atoms with Crippen molar-refractivity contribution in [2.45, 2.75) is 26.3 Å². The summed E-state index contributed by atoms with van der Waals surface area (Å²) in [6.07, 6.45) is 4.41. The van der Waals surface area contributed by atoms with Crippen LogP contribution in [-0.4, -0.2) is 66.7 Å². The first kappa shape index (κ1) is 21.0. The molecule has 1 aliphatic heterocycles. The number of likely N-dealkylation sites (N-methyl/N-ethyl adjacent to an activating group) is 1. The summed E-state index contributed by atoms with van der Waals surface area (Å²) < 4.78 is 6.10. The molecule has 1 atom stereocenters. The van der Waals surface area contributed by atoms with Crippen LogP contribution in [0.1, 0.15) is 17.7 Å². The monoisotopic (exact) mass is 398 g/mol. The molecule has 8 heteroatoms. The van der Waals surface area contributed by atoms with Gasteiger partial charge in [-0.1, -0.05) is 6.07 Å². The molecule has 0 spiro atoms. The largest absolute Gasteiger partial charge is 0.490 e. The summed E-state index contributed by atoms with van der Waals surface area (Å²) >= 11 is 0. The maximum atomic E-state index is 12.4. The van der Waals surface area contributed by atoms with Crippen LogP contribution in [0.25, 0.3) is 0 Å². The zero-order chi connectivity index (χ0) is 20.6. The molecule has 1 aromatic heterocycles. The smallest absolute Gasteiger partial charge is 0.243 e. The van der Waals surface area contributed by atoms with E-state index in [1.807, 2.05) is 32.0 Å². The van der Waals surface area contributed by atoms with E-state index in [2.05, 4.69) is 37.9 Å². The van der Waals surface area contributed by atoms with Gasteiger partial charge < -0.3 is 20.7 Å². The second kappa shape index (κ2) is 10.2. The van der Waals surface area contributed by atoms with Crippen molar-refractivity contribution < 1.29 is 9.53 Å². The van der Waals surface area contributed by atoms with E-state index in [1.54, 1.807) is 12.4 Å². The van der Waals surface area contributed by atoms with Crippen LogP contribution in [0.5, 0.6) is 5.75 Å². The summed E-state index contributed by atoms with van der Waals surface area (Å²) in [6, 6.07) is 6.12. The fourth-order valence-electron chi connectivity index (χ4n) is 3.15. The lowest BCUT2D eigenvalue weighted by Gasteiger charge is -2.26. The van der Waals surface area contributed by atoms with Crippen LogP contribution in [0.15, 0.2) is 30.6 Å². The fourth-order valence-corrected chi connectivity index (χ4v) is 3.15. The summed E-state index contributed by atoms with van der Waals surface area (Å²) in [5.74, 6) is 1.07. The zero-order valence-corrected chi connectivity index (χ0v) is 17.4. The van der Waals surface area contributed by atoms with Gasteiger partial charge in [-0.3, -0.25) is 14.7 Å². The molecular weight excluding hydrogens is 368 g/mol. The molecule has 0 bridgehead atoms. The summed E-state index contributed by atoms with van der Waals surface area (Å²) in [5, 5.41) is 9.37. The third kappa shape index (κ3) is 6.40. The van der Waals surface area contributed by atoms with E-state index in [4.69, 9.17) is 4.74 Å². The van der Waals surface area contributed by atoms with Gasteiger partial charge in [0.25, 0.3) is 0 Å². The minimum absolute atomic E-state index is 0.0976. The number of nitrogens with zero attached hydrogens (tertiary/aromatic N) is 3. The summed E-state index contributed by atoms with van der Waals surface area (Å²) in [5.41, 5.74) is 2.56. The van der Waals surface area contributed by atoms with E-state index in [1.165, 1.54) is 0 Å². The minimum Gasteiger partial charge on any atom is -0.490 e. The van der Waals surface area contributed by atoms with E-state index in [0.29, 0.717) is 29.9 Å². The van der Waals surface area contributed by atoms with Crippen molar-refractivity contribution >= 4 is 17.4 Å². The summed E-state index contributed by atoms with van der Waals surface area (Å²) in [4.78, 5) is 23.1. The maximum absolute atomic E-state index is 12.4. The first-order valence-electron chi connectivity index (χ1n) is 9.98. The molecule has 1 saturated heterocycles. The molecule has 2 heterocycles. The highest BCUT2D eigenvalue weighted by Crippen LogP contribution is 2.26. The van der Waals surface area contributed by atoms with Crippen LogP contribution < -0.4 is 20.7 Å². The molecule has 0 radical (unpaired) electrons. The second-order valence-corrected chi connectivity index (χ2v) is 7.45. The van der Waals surface area contributed by atoms with Gasteiger partial charge in [0.2, 0.25) is 5.91 Å².